The Morgan fingerprint density at radius 3 is 2.75 bits per heavy atom. The number of thiophene rings is 1. The summed E-state index contributed by atoms with van der Waals surface area (Å²) < 4.78 is 16.8. The minimum absolute atomic E-state index is 0.119. The zero-order valence-electron chi connectivity index (χ0n) is 15.7. The van der Waals surface area contributed by atoms with E-state index in [1.165, 1.54) is 5.56 Å². The van der Waals surface area contributed by atoms with Gasteiger partial charge in [-0.15, -0.1) is 21.5 Å². The monoisotopic (exact) mass is 398 g/mol. The molecule has 1 fully saturated rings. The fraction of sp³-hybridized carbons (Fsp3) is 0.400. The van der Waals surface area contributed by atoms with Gasteiger partial charge in [-0.3, -0.25) is 9.80 Å². The Labute approximate surface area is 167 Å². The Kier molecular flexibility index (Phi) is 4.76. The smallest absolute Gasteiger partial charge is 0.257 e. The predicted molar refractivity (Wildman–Crippen MR) is 105 cm³/mol. The van der Waals surface area contributed by atoms with Crippen molar-refractivity contribution in [1.82, 2.24) is 20.0 Å². The van der Waals surface area contributed by atoms with Gasteiger partial charge in [-0.2, -0.15) is 0 Å². The molecule has 1 saturated heterocycles. The summed E-state index contributed by atoms with van der Waals surface area (Å²) in [4.78, 5) is 5.88. The molecule has 1 atom stereocenters. The van der Waals surface area contributed by atoms with E-state index in [0.29, 0.717) is 18.6 Å². The van der Waals surface area contributed by atoms with Crippen LogP contribution in [0.15, 0.2) is 40.1 Å². The fourth-order valence-electron chi connectivity index (χ4n) is 3.67. The molecule has 146 valence electrons. The Balaban J connectivity index is 1.18. The summed E-state index contributed by atoms with van der Waals surface area (Å²) in [5.41, 5.74) is 1.25. The van der Waals surface area contributed by atoms with E-state index in [2.05, 4.69) is 39.1 Å². The molecule has 0 bridgehead atoms. The topological polar surface area (TPSA) is 63.9 Å². The number of nitrogens with zero attached hydrogens (tertiary/aromatic N) is 4. The van der Waals surface area contributed by atoms with Crippen molar-refractivity contribution in [3.8, 4) is 22.3 Å². The first-order chi connectivity index (χ1) is 13.8. The molecule has 28 heavy (non-hydrogen) atoms. The highest BCUT2D eigenvalue weighted by molar-refractivity contribution is 7.13. The second-order valence-electron chi connectivity index (χ2n) is 7.10. The largest absolute Gasteiger partial charge is 0.454 e. The quantitative estimate of drug-likeness (QED) is 0.653. The van der Waals surface area contributed by atoms with Crippen LogP contribution >= 0.6 is 11.3 Å². The molecule has 2 aliphatic heterocycles. The number of hydrogen-bond donors (Lipinski definition) is 0. The highest BCUT2D eigenvalue weighted by Crippen LogP contribution is 2.33. The molecule has 0 amide bonds. The average molecular weight is 398 g/mol. The van der Waals surface area contributed by atoms with Crippen molar-refractivity contribution in [3.05, 3.63) is 47.2 Å². The SMILES string of the molecule is CC(c1nnc(-c2cccs2)o1)N1CCN(Cc2ccc3c(c2)OCO3)CC1. The van der Waals surface area contributed by atoms with Gasteiger partial charge >= 0.3 is 0 Å². The maximum atomic E-state index is 5.92. The number of fused-ring (bicyclic) bond motifs is 1. The van der Waals surface area contributed by atoms with E-state index in [0.717, 1.165) is 49.1 Å². The van der Waals surface area contributed by atoms with Crippen LogP contribution in [-0.4, -0.2) is 53.0 Å². The van der Waals surface area contributed by atoms with Gasteiger partial charge in [0.1, 0.15) is 0 Å². The molecule has 0 radical (unpaired) electrons. The molecule has 5 rings (SSSR count). The molecule has 3 aromatic rings. The van der Waals surface area contributed by atoms with Crippen LogP contribution in [0.4, 0.5) is 0 Å². The number of hydrogen-bond acceptors (Lipinski definition) is 8. The molecule has 0 spiro atoms. The second kappa shape index (κ2) is 7.54. The molecular formula is C20H22N4O3S. The maximum absolute atomic E-state index is 5.92. The van der Waals surface area contributed by atoms with E-state index in [1.54, 1.807) is 11.3 Å². The van der Waals surface area contributed by atoms with Gasteiger partial charge in [-0.1, -0.05) is 12.1 Å². The van der Waals surface area contributed by atoms with Crippen molar-refractivity contribution in [2.75, 3.05) is 33.0 Å². The number of piperazine rings is 1. The van der Waals surface area contributed by atoms with Crippen molar-refractivity contribution < 1.29 is 13.9 Å². The zero-order chi connectivity index (χ0) is 18.9. The van der Waals surface area contributed by atoms with Crippen molar-refractivity contribution in [3.63, 3.8) is 0 Å². The second-order valence-corrected chi connectivity index (χ2v) is 8.05. The maximum Gasteiger partial charge on any atom is 0.257 e. The molecule has 1 aromatic carbocycles. The first-order valence-corrected chi connectivity index (χ1v) is 10.4. The van der Waals surface area contributed by atoms with Gasteiger partial charge in [-0.25, -0.2) is 0 Å². The Bertz CT molecular complexity index is 935. The van der Waals surface area contributed by atoms with Crippen molar-refractivity contribution >= 4 is 11.3 Å². The molecule has 4 heterocycles. The summed E-state index contributed by atoms with van der Waals surface area (Å²) in [6.07, 6.45) is 0. The van der Waals surface area contributed by atoms with Crippen LogP contribution in [0.1, 0.15) is 24.4 Å². The third-order valence-corrected chi connectivity index (χ3v) is 6.19. The molecule has 7 nitrogen and oxygen atoms in total. The zero-order valence-corrected chi connectivity index (χ0v) is 16.5. The van der Waals surface area contributed by atoms with Crippen LogP contribution in [0.2, 0.25) is 0 Å². The summed E-state index contributed by atoms with van der Waals surface area (Å²) in [6.45, 7) is 7.33. The summed E-state index contributed by atoms with van der Waals surface area (Å²) in [6, 6.07) is 10.3. The summed E-state index contributed by atoms with van der Waals surface area (Å²) >= 11 is 1.61. The lowest BCUT2D eigenvalue weighted by molar-refractivity contribution is 0.0876. The summed E-state index contributed by atoms with van der Waals surface area (Å²) in [5.74, 6) is 2.98. The molecule has 2 aromatic heterocycles. The standard InChI is InChI=1S/C20H22N4O3S/c1-14(19-21-22-20(27-19)18-3-2-10-28-18)24-8-6-23(7-9-24)12-15-4-5-16-17(11-15)26-13-25-16/h2-5,10-11,14H,6-9,12-13H2,1H3. The van der Waals surface area contributed by atoms with Crippen LogP contribution in [0.5, 0.6) is 11.5 Å². The first-order valence-electron chi connectivity index (χ1n) is 9.48. The van der Waals surface area contributed by atoms with Gasteiger partial charge in [0, 0.05) is 32.7 Å². The number of rotatable bonds is 5. The van der Waals surface area contributed by atoms with Crippen molar-refractivity contribution in [2.24, 2.45) is 0 Å². The van der Waals surface area contributed by atoms with Crippen LogP contribution < -0.4 is 9.47 Å². The van der Waals surface area contributed by atoms with E-state index in [-0.39, 0.29) is 6.04 Å². The molecular weight excluding hydrogens is 376 g/mol. The Hall–Kier alpha value is -2.42. The van der Waals surface area contributed by atoms with E-state index in [4.69, 9.17) is 13.9 Å². The molecule has 0 saturated carbocycles. The number of aromatic nitrogens is 2. The molecule has 0 aliphatic carbocycles. The van der Waals surface area contributed by atoms with E-state index in [9.17, 15) is 0 Å². The molecule has 1 unspecified atom stereocenters. The van der Waals surface area contributed by atoms with Crippen molar-refractivity contribution in [1.29, 1.82) is 0 Å². The minimum atomic E-state index is 0.119. The third kappa shape index (κ3) is 3.50. The summed E-state index contributed by atoms with van der Waals surface area (Å²) in [7, 11) is 0. The van der Waals surface area contributed by atoms with Crippen LogP contribution in [-0.2, 0) is 6.54 Å². The number of benzene rings is 1. The number of ether oxygens (including phenoxy) is 2. The van der Waals surface area contributed by atoms with Gasteiger partial charge in [0.05, 0.1) is 10.9 Å². The van der Waals surface area contributed by atoms with Crippen molar-refractivity contribution in [2.45, 2.75) is 19.5 Å². The fourth-order valence-corrected chi connectivity index (χ4v) is 4.31. The van der Waals surface area contributed by atoms with Crippen LogP contribution in [0.3, 0.4) is 0 Å². The molecule has 0 N–H and O–H groups in total. The highest BCUT2D eigenvalue weighted by atomic mass is 32.1. The van der Waals surface area contributed by atoms with Crippen LogP contribution in [0.25, 0.3) is 10.8 Å². The van der Waals surface area contributed by atoms with Gasteiger partial charge in [0.2, 0.25) is 12.7 Å². The third-order valence-electron chi connectivity index (χ3n) is 5.33. The Morgan fingerprint density at radius 2 is 1.93 bits per heavy atom. The molecule has 8 heteroatoms. The first kappa shape index (κ1) is 17.7. The molecule has 2 aliphatic rings. The van der Waals surface area contributed by atoms with Gasteiger partial charge in [-0.05, 0) is 36.1 Å². The van der Waals surface area contributed by atoms with Gasteiger partial charge in [0.25, 0.3) is 5.89 Å². The summed E-state index contributed by atoms with van der Waals surface area (Å²) in [5, 5.41) is 10.5. The minimum Gasteiger partial charge on any atom is -0.454 e. The highest BCUT2D eigenvalue weighted by Gasteiger charge is 2.26. The average Bonchev–Trinajstić information content (AvgIpc) is 3.48. The van der Waals surface area contributed by atoms with Crippen LogP contribution in [0, 0.1) is 0 Å². The van der Waals surface area contributed by atoms with E-state index in [1.807, 2.05) is 23.6 Å². The lowest BCUT2D eigenvalue weighted by Gasteiger charge is -2.36. The Morgan fingerprint density at radius 1 is 1.07 bits per heavy atom. The predicted octanol–water partition coefficient (Wildman–Crippen LogP) is 3.41. The van der Waals surface area contributed by atoms with E-state index < -0.39 is 0 Å². The normalized spacial score (nSPS) is 18.5. The lowest BCUT2D eigenvalue weighted by atomic mass is 10.1. The van der Waals surface area contributed by atoms with E-state index >= 15 is 0 Å². The van der Waals surface area contributed by atoms with Gasteiger partial charge in [0.15, 0.2) is 11.5 Å². The van der Waals surface area contributed by atoms with Gasteiger partial charge < -0.3 is 13.9 Å². The lowest BCUT2D eigenvalue weighted by Crippen LogP contribution is -2.46.